The van der Waals surface area contributed by atoms with Gasteiger partial charge in [-0.15, -0.1) is 0 Å². The minimum atomic E-state index is 0.222. The summed E-state index contributed by atoms with van der Waals surface area (Å²) in [5.41, 5.74) is 8.62. The maximum absolute atomic E-state index is 6.05. The molecular formula is C12H19N. The molecule has 0 amide bonds. The molecule has 1 heteroatoms. The van der Waals surface area contributed by atoms with E-state index < -0.39 is 0 Å². The second-order valence-electron chi connectivity index (χ2n) is 3.66. The van der Waals surface area contributed by atoms with E-state index in [-0.39, 0.29) is 6.04 Å². The van der Waals surface area contributed by atoms with E-state index in [0.29, 0.717) is 0 Å². The molecular weight excluding hydrogens is 158 g/mol. The fourth-order valence-electron chi connectivity index (χ4n) is 1.49. The van der Waals surface area contributed by atoms with Crippen LogP contribution in [-0.4, -0.2) is 0 Å². The van der Waals surface area contributed by atoms with Crippen molar-refractivity contribution in [1.29, 1.82) is 0 Å². The van der Waals surface area contributed by atoms with Gasteiger partial charge in [-0.25, -0.2) is 0 Å². The molecule has 0 saturated heterocycles. The van der Waals surface area contributed by atoms with Crippen molar-refractivity contribution >= 4 is 0 Å². The lowest BCUT2D eigenvalue weighted by atomic mass is 10.0. The standard InChI is InChI=1S/C12H19N/c1-3-4-8-12(13)11-7-5-6-10(2)9-11/h5-7,9,12H,3-4,8,13H2,1-2H3. The second-order valence-corrected chi connectivity index (χ2v) is 3.66. The van der Waals surface area contributed by atoms with Crippen LogP contribution in [0, 0.1) is 6.92 Å². The molecule has 1 unspecified atom stereocenters. The van der Waals surface area contributed by atoms with Crippen LogP contribution in [0.3, 0.4) is 0 Å². The maximum Gasteiger partial charge on any atom is 0.0294 e. The number of benzene rings is 1. The third kappa shape index (κ3) is 3.19. The topological polar surface area (TPSA) is 26.0 Å². The molecule has 1 aromatic carbocycles. The molecule has 0 fully saturated rings. The summed E-state index contributed by atoms with van der Waals surface area (Å²) in [4.78, 5) is 0. The molecule has 13 heavy (non-hydrogen) atoms. The third-order valence-electron chi connectivity index (χ3n) is 2.34. The Morgan fingerprint density at radius 3 is 2.77 bits per heavy atom. The van der Waals surface area contributed by atoms with Gasteiger partial charge in [-0.05, 0) is 18.9 Å². The van der Waals surface area contributed by atoms with E-state index in [2.05, 4.69) is 38.1 Å². The third-order valence-corrected chi connectivity index (χ3v) is 2.34. The minimum Gasteiger partial charge on any atom is -0.324 e. The van der Waals surface area contributed by atoms with Crippen molar-refractivity contribution in [3.05, 3.63) is 35.4 Å². The normalized spacial score (nSPS) is 12.8. The number of aryl methyl sites for hydroxylation is 1. The molecule has 1 rings (SSSR count). The summed E-state index contributed by atoms with van der Waals surface area (Å²) in [7, 11) is 0. The van der Waals surface area contributed by atoms with Crippen molar-refractivity contribution in [3.63, 3.8) is 0 Å². The Balaban J connectivity index is 2.60. The van der Waals surface area contributed by atoms with Crippen LogP contribution in [0.25, 0.3) is 0 Å². The first-order chi connectivity index (χ1) is 6.24. The van der Waals surface area contributed by atoms with E-state index in [1.165, 1.54) is 24.0 Å². The Hall–Kier alpha value is -0.820. The zero-order valence-corrected chi connectivity index (χ0v) is 8.59. The van der Waals surface area contributed by atoms with Gasteiger partial charge < -0.3 is 5.73 Å². The fourth-order valence-corrected chi connectivity index (χ4v) is 1.49. The van der Waals surface area contributed by atoms with E-state index in [9.17, 15) is 0 Å². The Morgan fingerprint density at radius 2 is 2.15 bits per heavy atom. The molecule has 0 aliphatic rings. The monoisotopic (exact) mass is 177 g/mol. The molecule has 1 nitrogen and oxygen atoms in total. The highest BCUT2D eigenvalue weighted by Gasteiger charge is 2.04. The fraction of sp³-hybridized carbons (Fsp3) is 0.500. The first-order valence-corrected chi connectivity index (χ1v) is 5.06. The minimum absolute atomic E-state index is 0.222. The number of hydrogen-bond donors (Lipinski definition) is 1. The molecule has 0 bridgehead atoms. The van der Waals surface area contributed by atoms with Crippen molar-refractivity contribution in [1.82, 2.24) is 0 Å². The molecule has 0 aliphatic carbocycles. The van der Waals surface area contributed by atoms with Crippen molar-refractivity contribution < 1.29 is 0 Å². The average Bonchev–Trinajstić information content (AvgIpc) is 2.14. The molecule has 72 valence electrons. The lowest BCUT2D eigenvalue weighted by molar-refractivity contribution is 0.603. The SMILES string of the molecule is CCCCC(N)c1cccc(C)c1. The summed E-state index contributed by atoms with van der Waals surface area (Å²) in [6.07, 6.45) is 3.54. The Bertz CT molecular complexity index is 255. The summed E-state index contributed by atoms with van der Waals surface area (Å²) in [5.74, 6) is 0. The Kier molecular flexibility index (Phi) is 3.97. The Morgan fingerprint density at radius 1 is 1.38 bits per heavy atom. The first-order valence-electron chi connectivity index (χ1n) is 5.06. The van der Waals surface area contributed by atoms with Gasteiger partial charge in [0, 0.05) is 6.04 Å². The molecule has 2 N–H and O–H groups in total. The summed E-state index contributed by atoms with van der Waals surface area (Å²) >= 11 is 0. The van der Waals surface area contributed by atoms with Crippen LogP contribution in [0.1, 0.15) is 43.4 Å². The van der Waals surface area contributed by atoms with Gasteiger partial charge in [0.1, 0.15) is 0 Å². The van der Waals surface area contributed by atoms with Gasteiger partial charge in [-0.2, -0.15) is 0 Å². The number of rotatable bonds is 4. The van der Waals surface area contributed by atoms with Gasteiger partial charge in [-0.1, -0.05) is 49.6 Å². The van der Waals surface area contributed by atoms with Crippen molar-refractivity contribution in [2.24, 2.45) is 5.73 Å². The molecule has 0 radical (unpaired) electrons. The molecule has 1 atom stereocenters. The van der Waals surface area contributed by atoms with E-state index >= 15 is 0 Å². The first kappa shape index (κ1) is 10.3. The lowest BCUT2D eigenvalue weighted by Crippen LogP contribution is -2.09. The predicted octanol–water partition coefficient (Wildman–Crippen LogP) is 3.19. The van der Waals surface area contributed by atoms with Crippen molar-refractivity contribution in [2.75, 3.05) is 0 Å². The van der Waals surface area contributed by atoms with Crippen LogP contribution in [0.15, 0.2) is 24.3 Å². The van der Waals surface area contributed by atoms with Gasteiger partial charge in [0.2, 0.25) is 0 Å². The van der Waals surface area contributed by atoms with Crippen LogP contribution >= 0.6 is 0 Å². The van der Waals surface area contributed by atoms with Crippen LogP contribution in [0.4, 0.5) is 0 Å². The van der Waals surface area contributed by atoms with Crippen LogP contribution in [0.2, 0.25) is 0 Å². The summed E-state index contributed by atoms with van der Waals surface area (Å²) in [6.45, 7) is 4.30. The summed E-state index contributed by atoms with van der Waals surface area (Å²) < 4.78 is 0. The van der Waals surface area contributed by atoms with Gasteiger partial charge in [-0.3, -0.25) is 0 Å². The zero-order chi connectivity index (χ0) is 9.68. The van der Waals surface area contributed by atoms with Crippen LogP contribution in [0.5, 0.6) is 0 Å². The zero-order valence-electron chi connectivity index (χ0n) is 8.59. The van der Waals surface area contributed by atoms with Gasteiger partial charge in [0.05, 0.1) is 0 Å². The van der Waals surface area contributed by atoms with Crippen molar-refractivity contribution in [2.45, 2.75) is 39.2 Å². The summed E-state index contributed by atoms with van der Waals surface area (Å²) in [5, 5.41) is 0. The largest absolute Gasteiger partial charge is 0.324 e. The Labute approximate surface area is 81.0 Å². The quantitative estimate of drug-likeness (QED) is 0.751. The predicted molar refractivity (Wildman–Crippen MR) is 57.6 cm³/mol. The number of unbranched alkanes of at least 4 members (excludes halogenated alkanes) is 1. The van der Waals surface area contributed by atoms with Crippen molar-refractivity contribution in [3.8, 4) is 0 Å². The van der Waals surface area contributed by atoms with Gasteiger partial charge >= 0.3 is 0 Å². The maximum atomic E-state index is 6.05. The summed E-state index contributed by atoms with van der Waals surface area (Å²) in [6, 6.07) is 8.71. The van der Waals surface area contributed by atoms with Gasteiger partial charge in [0.15, 0.2) is 0 Å². The molecule has 0 saturated carbocycles. The number of nitrogens with two attached hydrogens (primary N) is 1. The highest BCUT2D eigenvalue weighted by Crippen LogP contribution is 2.17. The average molecular weight is 177 g/mol. The van der Waals surface area contributed by atoms with E-state index in [1.807, 2.05) is 0 Å². The van der Waals surface area contributed by atoms with E-state index in [1.54, 1.807) is 0 Å². The molecule has 0 aromatic heterocycles. The van der Waals surface area contributed by atoms with E-state index in [4.69, 9.17) is 5.73 Å². The highest BCUT2D eigenvalue weighted by molar-refractivity contribution is 5.24. The smallest absolute Gasteiger partial charge is 0.0294 e. The second kappa shape index (κ2) is 5.03. The molecule has 0 spiro atoms. The molecule has 0 heterocycles. The highest BCUT2D eigenvalue weighted by atomic mass is 14.6. The van der Waals surface area contributed by atoms with Crippen LogP contribution in [-0.2, 0) is 0 Å². The lowest BCUT2D eigenvalue weighted by Gasteiger charge is -2.11. The van der Waals surface area contributed by atoms with Gasteiger partial charge in [0.25, 0.3) is 0 Å². The van der Waals surface area contributed by atoms with E-state index in [0.717, 1.165) is 6.42 Å². The molecule has 0 aliphatic heterocycles. The number of hydrogen-bond acceptors (Lipinski definition) is 1. The van der Waals surface area contributed by atoms with Crippen LogP contribution < -0.4 is 5.73 Å². The molecule has 1 aromatic rings.